The van der Waals surface area contributed by atoms with E-state index in [0.29, 0.717) is 11.8 Å². The molecule has 1 aliphatic carbocycles. The second-order valence-corrected chi connectivity index (χ2v) is 11.3. The molecule has 0 spiro atoms. The number of hydrogen-bond acceptors (Lipinski definition) is 6. The van der Waals surface area contributed by atoms with Crippen molar-refractivity contribution in [2.45, 2.75) is 56.6 Å². The minimum absolute atomic E-state index is 0.201. The summed E-state index contributed by atoms with van der Waals surface area (Å²) in [6, 6.07) is 13.3. The highest BCUT2D eigenvalue weighted by Gasteiger charge is 2.26. The molecule has 34 heavy (non-hydrogen) atoms. The number of thiophene rings is 1. The first-order valence-electron chi connectivity index (χ1n) is 12.4. The topological polar surface area (TPSA) is 54.3 Å². The fourth-order valence-corrected chi connectivity index (χ4v) is 6.69. The zero-order valence-corrected chi connectivity index (χ0v) is 21.5. The van der Waals surface area contributed by atoms with E-state index in [1.165, 1.54) is 48.2 Å². The monoisotopic (exact) mass is 495 g/mol. The van der Waals surface area contributed by atoms with E-state index in [1.54, 1.807) is 23.1 Å². The van der Waals surface area contributed by atoms with Gasteiger partial charge in [0.25, 0.3) is 0 Å². The van der Waals surface area contributed by atoms with E-state index in [2.05, 4.69) is 68.4 Å². The van der Waals surface area contributed by atoms with Crippen LogP contribution < -0.4 is 4.90 Å². The van der Waals surface area contributed by atoms with Crippen molar-refractivity contribution < 1.29 is 4.79 Å². The lowest BCUT2D eigenvalue weighted by Crippen LogP contribution is -2.49. The molecule has 2 aromatic heterocycles. The Morgan fingerprint density at radius 2 is 1.88 bits per heavy atom. The van der Waals surface area contributed by atoms with E-state index >= 15 is 0 Å². The third kappa shape index (κ3) is 5.49. The van der Waals surface area contributed by atoms with Crippen molar-refractivity contribution in [2.24, 2.45) is 0 Å². The number of piperazine rings is 1. The molecule has 3 aromatic rings. The quantitative estimate of drug-likeness (QED) is 0.423. The molecule has 1 aromatic carbocycles. The second kappa shape index (κ2) is 11.0. The molecule has 180 valence electrons. The molecule has 0 atom stereocenters. The molecule has 1 amide bonds. The second-order valence-electron chi connectivity index (χ2n) is 9.31. The number of hydrogen-bond donors (Lipinski definition) is 0. The van der Waals surface area contributed by atoms with Gasteiger partial charge in [0.1, 0.15) is 5.82 Å². The summed E-state index contributed by atoms with van der Waals surface area (Å²) in [7, 11) is 0. The minimum Gasteiger partial charge on any atom is -0.368 e. The molecule has 0 N–H and O–H groups in total. The molecule has 2 fully saturated rings. The first-order valence-corrected chi connectivity index (χ1v) is 14.2. The van der Waals surface area contributed by atoms with E-state index in [-0.39, 0.29) is 5.91 Å². The van der Waals surface area contributed by atoms with E-state index in [9.17, 15) is 4.79 Å². The van der Waals surface area contributed by atoms with E-state index in [1.807, 2.05) is 4.90 Å². The molecule has 1 saturated heterocycles. The van der Waals surface area contributed by atoms with Gasteiger partial charge in [-0.05, 0) is 48.9 Å². The Kier molecular flexibility index (Phi) is 7.54. The van der Waals surface area contributed by atoms with Crippen LogP contribution in [0.5, 0.6) is 0 Å². The lowest BCUT2D eigenvalue weighted by molar-refractivity contribution is -0.128. The van der Waals surface area contributed by atoms with Crippen molar-refractivity contribution in [1.29, 1.82) is 0 Å². The predicted octanol–water partition coefficient (Wildman–Crippen LogP) is 5.18. The summed E-state index contributed by atoms with van der Waals surface area (Å²) in [5, 5.41) is 12.1. The molecule has 8 heteroatoms. The highest BCUT2D eigenvalue weighted by molar-refractivity contribution is 7.99. The number of aryl methyl sites for hydroxylation is 1. The van der Waals surface area contributed by atoms with Gasteiger partial charge in [0.05, 0.1) is 5.75 Å². The van der Waals surface area contributed by atoms with Gasteiger partial charge < -0.3 is 14.4 Å². The first-order chi connectivity index (χ1) is 16.7. The smallest absolute Gasteiger partial charge is 0.233 e. The van der Waals surface area contributed by atoms with Gasteiger partial charge in [0.15, 0.2) is 5.16 Å². The van der Waals surface area contributed by atoms with Crippen LogP contribution in [0.1, 0.15) is 54.4 Å². The largest absolute Gasteiger partial charge is 0.368 e. The fraction of sp³-hybridized carbons (Fsp3) is 0.500. The van der Waals surface area contributed by atoms with Gasteiger partial charge in [-0.3, -0.25) is 4.79 Å². The fourth-order valence-electron chi connectivity index (χ4n) is 5.06. The standard InChI is InChI=1S/C26H33N5OS2/c1-20-7-5-10-22(17-20)29-12-14-30(15-13-29)25(32)19-34-26-28-27-24(18-23-11-6-16-33-23)31(26)21-8-3-2-4-9-21/h5-7,10-11,16-17,21H,2-4,8-9,12-15,18-19H2,1H3. The summed E-state index contributed by atoms with van der Waals surface area (Å²) < 4.78 is 2.35. The number of amides is 1. The molecule has 2 aliphatic rings. The number of rotatable bonds is 7. The average Bonchev–Trinajstić information content (AvgIpc) is 3.53. The number of nitrogens with zero attached hydrogens (tertiary/aromatic N) is 5. The van der Waals surface area contributed by atoms with Crippen LogP contribution in [-0.2, 0) is 11.2 Å². The molecular formula is C26H33N5OS2. The molecule has 5 rings (SSSR count). The van der Waals surface area contributed by atoms with Gasteiger partial charge >= 0.3 is 0 Å². The van der Waals surface area contributed by atoms with Gasteiger partial charge in [-0.15, -0.1) is 21.5 Å². The van der Waals surface area contributed by atoms with Crippen LogP contribution >= 0.6 is 23.1 Å². The zero-order chi connectivity index (χ0) is 23.3. The van der Waals surface area contributed by atoms with Crippen LogP contribution in [0.3, 0.4) is 0 Å². The van der Waals surface area contributed by atoms with Crippen molar-refractivity contribution in [3.05, 3.63) is 58.0 Å². The van der Waals surface area contributed by atoms with Gasteiger partial charge in [-0.25, -0.2) is 0 Å². The Hall–Kier alpha value is -2.32. The Bertz CT molecular complexity index is 1080. The maximum absolute atomic E-state index is 13.1. The summed E-state index contributed by atoms with van der Waals surface area (Å²) in [6.45, 7) is 5.42. The number of carbonyl (C=O) groups is 1. The first kappa shape index (κ1) is 23.4. The number of benzene rings is 1. The van der Waals surface area contributed by atoms with Crippen molar-refractivity contribution in [3.8, 4) is 0 Å². The number of anilines is 1. The molecular weight excluding hydrogens is 462 g/mol. The van der Waals surface area contributed by atoms with Crippen LogP contribution in [0.2, 0.25) is 0 Å². The summed E-state index contributed by atoms with van der Waals surface area (Å²) in [5.74, 6) is 1.66. The SMILES string of the molecule is Cc1cccc(N2CCN(C(=O)CSc3nnc(Cc4cccs4)n3C3CCCCC3)CC2)c1. The van der Waals surface area contributed by atoms with Crippen molar-refractivity contribution in [3.63, 3.8) is 0 Å². The number of thioether (sulfide) groups is 1. The van der Waals surface area contributed by atoms with Gasteiger partial charge in [0.2, 0.25) is 5.91 Å². The Morgan fingerprint density at radius 3 is 2.62 bits per heavy atom. The third-order valence-electron chi connectivity index (χ3n) is 6.91. The van der Waals surface area contributed by atoms with Gasteiger partial charge in [-0.2, -0.15) is 0 Å². The molecule has 6 nitrogen and oxygen atoms in total. The van der Waals surface area contributed by atoms with Gasteiger partial charge in [0, 0.05) is 49.2 Å². The zero-order valence-electron chi connectivity index (χ0n) is 19.9. The average molecular weight is 496 g/mol. The maximum atomic E-state index is 13.1. The van der Waals surface area contributed by atoms with E-state index < -0.39 is 0 Å². The van der Waals surface area contributed by atoms with Gasteiger partial charge in [-0.1, -0.05) is 49.2 Å². The van der Waals surface area contributed by atoms with Crippen molar-refractivity contribution in [2.75, 3.05) is 36.8 Å². The summed E-state index contributed by atoms with van der Waals surface area (Å²) in [5.41, 5.74) is 2.52. The van der Waals surface area contributed by atoms with Crippen LogP contribution in [-0.4, -0.2) is 57.5 Å². The van der Waals surface area contributed by atoms with Crippen LogP contribution in [0.15, 0.2) is 46.9 Å². The Morgan fingerprint density at radius 1 is 1.06 bits per heavy atom. The van der Waals surface area contributed by atoms with E-state index in [4.69, 9.17) is 0 Å². The maximum Gasteiger partial charge on any atom is 0.233 e. The number of carbonyl (C=O) groups excluding carboxylic acids is 1. The van der Waals surface area contributed by atoms with Crippen molar-refractivity contribution in [1.82, 2.24) is 19.7 Å². The molecule has 1 saturated carbocycles. The van der Waals surface area contributed by atoms with Crippen LogP contribution in [0, 0.1) is 6.92 Å². The number of aromatic nitrogens is 3. The summed E-state index contributed by atoms with van der Waals surface area (Å²) >= 11 is 3.33. The minimum atomic E-state index is 0.201. The summed E-state index contributed by atoms with van der Waals surface area (Å²) in [4.78, 5) is 18.7. The highest BCUT2D eigenvalue weighted by Crippen LogP contribution is 2.33. The van der Waals surface area contributed by atoms with Crippen LogP contribution in [0.25, 0.3) is 0 Å². The van der Waals surface area contributed by atoms with E-state index in [0.717, 1.165) is 43.6 Å². The predicted molar refractivity (Wildman–Crippen MR) is 140 cm³/mol. The molecule has 0 radical (unpaired) electrons. The molecule has 3 heterocycles. The Labute approximate surface area is 210 Å². The normalized spacial score (nSPS) is 17.3. The highest BCUT2D eigenvalue weighted by atomic mass is 32.2. The Balaban J connectivity index is 1.21. The summed E-state index contributed by atoms with van der Waals surface area (Å²) in [6.07, 6.45) is 7.01. The third-order valence-corrected chi connectivity index (χ3v) is 8.72. The molecule has 0 bridgehead atoms. The lowest BCUT2D eigenvalue weighted by Gasteiger charge is -2.36. The molecule has 0 unspecified atom stereocenters. The molecule has 1 aliphatic heterocycles. The van der Waals surface area contributed by atoms with Crippen LogP contribution in [0.4, 0.5) is 5.69 Å². The lowest BCUT2D eigenvalue weighted by atomic mass is 9.95. The van der Waals surface area contributed by atoms with Crippen molar-refractivity contribution >= 4 is 34.7 Å².